The van der Waals surface area contributed by atoms with Crippen LogP contribution in [0.2, 0.25) is 0 Å². The summed E-state index contributed by atoms with van der Waals surface area (Å²) in [5.41, 5.74) is 0. The zero-order valence-electron chi connectivity index (χ0n) is 14.5. The third kappa shape index (κ3) is 5.89. The molecule has 0 spiro atoms. The Morgan fingerprint density at radius 2 is 1.96 bits per heavy atom. The minimum absolute atomic E-state index is 0.262. The van der Waals surface area contributed by atoms with Gasteiger partial charge < -0.3 is 35.6 Å². The van der Waals surface area contributed by atoms with Gasteiger partial charge in [0.25, 0.3) is 0 Å². The van der Waals surface area contributed by atoms with E-state index in [1.165, 1.54) is 0 Å². The van der Waals surface area contributed by atoms with Crippen molar-refractivity contribution >= 4 is 11.9 Å². The number of rotatable bonds is 9. The van der Waals surface area contributed by atoms with E-state index in [1.807, 2.05) is 6.92 Å². The molecule has 1 rings (SSSR count). The number of carbonyl (C=O) groups excluding carboxylic acids is 1. The number of nitrogens with one attached hydrogen (secondary N) is 1. The predicted molar refractivity (Wildman–Crippen MR) is 86.6 cm³/mol. The average Bonchev–Trinajstić information content (AvgIpc) is 2.59. The summed E-state index contributed by atoms with van der Waals surface area (Å²) < 4.78 is 5.28. The molecule has 0 aromatic rings. The van der Waals surface area contributed by atoms with E-state index in [0.29, 0.717) is 6.42 Å². The average molecular weight is 363 g/mol. The molecule has 1 saturated heterocycles. The van der Waals surface area contributed by atoms with E-state index in [-0.39, 0.29) is 18.2 Å². The quantitative estimate of drug-likeness (QED) is 0.292. The van der Waals surface area contributed by atoms with Crippen molar-refractivity contribution in [3.63, 3.8) is 0 Å². The van der Waals surface area contributed by atoms with Gasteiger partial charge in [-0.2, -0.15) is 0 Å². The van der Waals surface area contributed by atoms with Crippen LogP contribution in [-0.2, 0) is 14.3 Å². The first-order valence-corrected chi connectivity index (χ1v) is 8.56. The van der Waals surface area contributed by atoms with Gasteiger partial charge in [-0.1, -0.05) is 26.7 Å². The van der Waals surface area contributed by atoms with Gasteiger partial charge in [0.2, 0.25) is 5.91 Å². The van der Waals surface area contributed by atoms with E-state index < -0.39 is 49.1 Å². The van der Waals surface area contributed by atoms with E-state index in [2.05, 4.69) is 5.32 Å². The van der Waals surface area contributed by atoms with Gasteiger partial charge >= 0.3 is 5.97 Å². The van der Waals surface area contributed by atoms with Gasteiger partial charge in [-0.25, -0.2) is 4.79 Å². The molecule has 1 heterocycles. The zero-order chi connectivity index (χ0) is 19.1. The van der Waals surface area contributed by atoms with E-state index >= 15 is 0 Å². The SMILES string of the molecule is CCCCC(C)C(=O)N[C@H]1[C@H]([C@H](O)[C@H](O)CO)OC(C(=O)O)C[C@@H]1O. The molecule has 0 aromatic heterocycles. The second-order valence-electron chi connectivity index (χ2n) is 6.55. The highest BCUT2D eigenvalue weighted by molar-refractivity contribution is 5.79. The number of carbonyl (C=O) groups is 2. The first kappa shape index (κ1) is 21.8. The maximum absolute atomic E-state index is 12.3. The van der Waals surface area contributed by atoms with Crippen LogP contribution in [0.1, 0.15) is 39.5 Å². The summed E-state index contributed by atoms with van der Waals surface area (Å²) in [7, 11) is 0. The summed E-state index contributed by atoms with van der Waals surface area (Å²) in [4.78, 5) is 23.4. The molecule has 2 unspecified atom stereocenters. The van der Waals surface area contributed by atoms with E-state index in [9.17, 15) is 24.9 Å². The van der Waals surface area contributed by atoms with Crippen LogP contribution < -0.4 is 5.32 Å². The molecule has 6 N–H and O–H groups in total. The number of aliphatic hydroxyl groups is 4. The number of unbranched alkanes of at least 4 members (excludes halogenated alkanes) is 1. The Morgan fingerprint density at radius 1 is 1.32 bits per heavy atom. The molecule has 0 aliphatic carbocycles. The highest BCUT2D eigenvalue weighted by atomic mass is 16.5. The molecule has 0 bridgehead atoms. The molecular formula is C16H29NO8. The van der Waals surface area contributed by atoms with Gasteiger partial charge in [0.15, 0.2) is 6.10 Å². The molecule has 146 valence electrons. The zero-order valence-corrected chi connectivity index (χ0v) is 14.5. The molecule has 1 aliphatic heterocycles. The number of hydrogen-bond donors (Lipinski definition) is 6. The van der Waals surface area contributed by atoms with E-state index in [4.69, 9.17) is 14.9 Å². The molecule has 25 heavy (non-hydrogen) atoms. The van der Waals surface area contributed by atoms with Gasteiger partial charge in [-0.3, -0.25) is 4.79 Å². The van der Waals surface area contributed by atoms with Crippen LogP contribution in [0.4, 0.5) is 0 Å². The van der Waals surface area contributed by atoms with Crippen LogP contribution >= 0.6 is 0 Å². The molecular weight excluding hydrogens is 334 g/mol. The first-order chi connectivity index (χ1) is 11.7. The number of carboxylic acid groups (broad SMARTS) is 1. The summed E-state index contributed by atoms with van der Waals surface area (Å²) in [6.07, 6.45) is -5.12. The maximum Gasteiger partial charge on any atom is 0.332 e. The lowest BCUT2D eigenvalue weighted by Crippen LogP contribution is -2.64. The molecule has 7 atom stereocenters. The Labute approximate surface area is 146 Å². The monoisotopic (exact) mass is 363 g/mol. The molecule has 1 aliphatic rings. The Kier molecular flexibility index (Phi) is 8.74. The molecule has 1 amide bonds. The predicted octanol–water partition coefficient (Wildman–Crippen LogP) is -1.39. The van der Waals surface area contributed by atoms with Gasteiger partial charge in [0, 0.05) is 12.3 Å². The minimum atomic E-state index is -1.67. The second-order valence-corrected chi connectivity index (χ2v) is 6.55. The van der Waals surface area contributed by atoms with Gasteiger partial charge in [-0.15, -0.1) is 0 Å². The van der Waals surface area contributed by atoms with Gasteiger partial charge in [-0.05, 0) is 6.42 Å². The van der Waals surface area contributed by atoms with Crippen molar-refractivity contribution < 1.29 is 39.9 Å². The topological polar surface area (TPSA) is 157 Å². The van der Waals surface area contributed by atoms with Crippen LogP contribution in [0.25, 0.3) is 0 Å². The van der Waals surface area contributed by atoms with Crippen LogP contribution in [0.15, 0.2) is 0 Å². The fourth-order valence-corrected chi connectivity index (χ4v) is 2.82. The second kappa shape index (κ2) is 10.0. The molecule has 0 aromatic carbocycles. The third-order valence-electron chi connectivity index (χ3n) is 4.49. The minimum Gasteiger partial charge on any atom is -0.479 e. The van der Waals surface area contributed by atoms with Crippen molar-refractivity contribution in [2.45, 2.75) is 76.1 Å². The van der Waals surface area contributed by atoms with Crippen molar-refractivity contribution in [2.24, 2.45) is 5.92 Å². The van der Waals surface area contributed by atoms with E-state index in [0.717, 1.165) is 12.8 Å². The smallest absolute Gasteiger partial charge is 0.332 e. The molecule has 9 nitrogen and oxygen atoms in total. The molecule has 0 saturated carbocycles. The summed E-state index contributed by atoms with van der Waals surface area (Å²) >= 11 is 0. The Bertz CT molecular complexity index is 446. The van der Waals surface area contributed by atoms with Crippen LogP contribution in [0.3, 0.4) is 0 Å². The molecule has 0 radical (unpaired) electrons. The van der Waals surface area contributed by atoms with Crippen molar-refractivity contribution in [1.29, 1.82) is 0 Å². The summed E-state index contributed by atoms with van der Waals surface area (Å²) in [5, 5.41) is 50.7. The Balaban J connectivity index is 2.90. The van der Waals surface area contributed by atoms with Crippen molar-refractivity contribution in [1.82, 2.24) is 5.32 Å². The summed E-state index contributed by atoms with van der Waals surface area (Å²) in [6.45, 7) is 2.95. The summed E-state index contributed by atoms with van der Waals surface area (Å²) in [6, 6.07) is -1.09. The lowest BCUT2D eigenvalue weighted by molar-refractivity contribution is -0.196. The van der Waals surface area contributed by atoms with Gasteiger partial charge in [0.1, 0.15) is 18.3 Å². The number of ether oxygens (including phenoxy) is 1. The molecule has 9 heteroatoms. The number of hydrogen-bond acceptors (Lipinski definition) is 7. The lowest BCUT2D eigenvalue weighted by atomic mass is 9.89. The highest BCUT2D eigenvalue weighted by Gasteiger charge is 2.46. The van der Waals surface area contributed by atoms with Crippen LogP contribution in [0.5, 0.6) is 0 Å². The first-order valence-electron chi connectivity index (χ1n) is 8.56. The number of amides is 1. The lowest BCUT2D eigenvalue weighted by Gasteiger charge is -2.42. The van der Waals surface area contributed by atoms with Gasteiger partial charge in [0.05, 0.1) is 18.8 Å². The van der Waals surface area contributed by atoms with Crippen molar-refractivity contribution in [2.75, 3.05) is 6.61 Å². The third-order valence-corrected chi connectivity index (χ3v) is 4.49. The molecule has 1 fully saturated rings. The largest absolute Gasteiger partial charge is 0.479 e. The Morgan fingerprint density at radius 3 is 2.48 bits per heavy atom. The summed E-state index contributed by atoms with van der Waals surface area (Å²) in [5.74, 6) is -2.01. The van der Waals surface area contributed by atoms with Crippen LogP contribution in [0, 0.1) is 5.92 Å². The highest BCUT2D eigenvalue weighted by Crippen LogP contribution is 2.25. The fraction of sp³-hybridized carbons (Fsp3) is 0.875. The van der Waals surface area contributed by atoms with Crippen molar-refractivity contribution in [3.8, 4) is 0 Å². The number of aliphatic hydroxyl groups excluding tert-OH is 4. The fourth-order valence-electron chi connectivity index (χ4n) is 2.82. The normalized spacial score (nSPS) is 30.3. The van der Waals surface area contributed by atoms with Crippen LogP contribution in [-0.4, -0.2) is 80.6 Å². The van der Waals surface area contributed by atoms with E-state index in [1.54, 1.807) is 6.92 Å². The standard InChI is InChI=1S/C16H29NO8/c1-3-4-5-8(2)15(22)17-12-9(19)6-11(16(23)24)25-14(12)13(21)10(20)7-18/h8-14,18-21H,3-7H2,1-2H3,(H,17,22)(H,23,24)/t8?,9-,10+,11?,12+,13+,14+/m0/s1. The van der Waals surface area contributed by atoms with Crippen molar-refractivity contribution in [3.05, 3.63) is 0 Å². The Hall–Kier alpha value is -1.26. The number of carboxylic acids is 1. The number of aliphatic carboxylic acids is 1. The maximum atomic E-state index is 12.3.